The lowest BCUT2D eigenvalue weighted by molar-refractivity contribution is 0.0745. The van der Waals surface area contributed by atoms with Crippen molar-refractivity contribution in [1.82, 2.24) is 9.21 Å². The van der Waals surface area contributed by atoms with Gasteiger partial charge in [-0.05, 0) is 35.7 Å². The van der Waals surface area contributed by atoms with Gasteiger partial charge in [0.05, 0.1) is 4.90 Å². The minimum Gasteiger partial charge on any atom is -0.334 e. The zero-order valence-electron chi connectivity index (χ0n) is 17.2. The Morgan fingerprint density at radius 3 is 2.00 bits per heavy atom. The van der Waals surface area contributed by atoms with Crippen molar-refractivity contribution in [2.24, 2.45) is 0 Å². The Morgan fingerprint density at radius 1 is 0.800 bits per heavy atom. The summed E-state index contributed by atoms with van der Waals surface area (Å²) in [4.78, 5) is 15.2. The van der Waals surface area contributed by atoms with E-state index in [0.717, 1.165) is 21.9 Å². The van der Waals surface area contributed by atoms with Crippen LogP contribution < -0.4 is 0 Å². The van der Waals surface area contributed by atoms with E-state index in [1.165, 1.54) is 26.2 Å². The van der Waals surface area contributed by atoms with Crippen molar-refractivity contribution in [2.45, 2.75) is 17.9 Å². The van der Waals surface area contributed by atoms with Crippen molar-refractivity contribution in [3.63, 3.8) is 0 Å². The number of rotatable bonds is 8. The molecule has 0 N–H and O–H groups in total. The number of sulfonamides is 1. The molecule has 0 bridgehead atoms. The Kier molecular flexibility index (Phi) is 7.03. The monoisotopic (exact) mass is 422 g/mol. The lowest BCUT2D eigenvalue weighted by Gasteiger charge is -2.23. The number of carbonyl (C=O) groups excluding carboxylic acids is 1. The molecule has 0 fully saturated rings. The smallest absolute Gasteiger partial charge is 0.254 e. The molecule has 3 aromatic rings. The molecule has 0 atom stereocenters. The highest BCUT2D eigenvalue weighted by Crippen LogP contribution is 2.18. The van der Waals surface area contributed by atoms with Crippen molar-refractivity contribution in [3.8, 4) is 0 Å². The van der Waals surface area contributed by atoms with Gasteiger partial charge in [0.25, 0.3) is 5.91 Å². The maximum atomic E-state index is 13.3. The summed E-state index contributed by atoms with van der Waals surface area (Å²) in [7, 11) is -0.655. The van der Waals surface area contributed by atoms with Gasteiger partial charge in [-0.1, -0.05) is 66.7 Å². The molecule has 0 aliphatic rings. The highest BCUT2D eigenvalue weighted by Gasteiger charge is 2.21. The lowest BCUT2D eigenvalue weighted by atomic mass is 10.1. The van der Waals surface area contributed by atoms with Gasteiger partial charge in [-0.15, -0.1) is 0 Å². The van der Waals surface area contributed by atoms with Crippen LogP contribution in [-0.4, -0.2) is 44.2 Å². The van der Waals surface area contributed by atoms with Crippen LogP contribution in [0.5, 0.6) is 0 Å². The van der Waals surface area contributed by atoms with Crippen molar-refractivity contribution < 1.29 is 13.2 Å². The molecule has 0 saturated carbocycles. The minimum atomic E-state index is -3.61. The third kappa shape index (κ3) is 5.34. The van der Waals surface area contributed by atoms with Gasteiger partial charge in [-0.2, -0.15) is 0 Å². The van der Waals surface area contributed by atoms with Gasteiger partial charge in [0.15, 0.2) is 0 Å². The van der Waals surface area contributed by atoms with E-state index in [-0.39, 0.29) is 10.8 Å². The van der Waals surface area contributed by atoms with Gasteiger partial charge in [0.1, 0.15) is 0 Å². The summed E-state index contributed by atoms with van der Waals surface area (Å²) < 4.78 is 26.1. The van der Waals surface area contributed by atoms with E-state index >= 15 is 0 Å². The van der Waals surface area contributed by atoms with E-state index in [9.17, 15) is 13.2 Å². The predicted molar refractivity (Wildman–Crippen MR) is 119 cm³/mol. The van der Waals surface area contributed by atoms with Crippen LogP contribution in [0.4, 0.5) is 0 Å². The summed E-state index contributed by atoms with van der Waals surface area (Å²) in [6.45, 7) is 0.986. The van der Waals surface area contributed by atoms with E-state index in [2.05, 4.69) is 0 Å². The second-order valence-corrected chi connectivity index (χ2v) is 9.41. The molecule has 0 aliphatic heterocycles. The minimum absolute atomic E-state index is 0.112. The predicted octanol–water partition coefficient (Wildman–Crippen LogP) is 3.82. The van der Waals surface area contributed by atoms with E-state index < -0.39 is 10.0 Å². The number of amides is 1. The number of benzene rings is 3. The van der Waals surface area contributed by atoms with Gasteiger partial charge < -0.3 is 4.90 Å². The summed E-state index contributed by atoms with van der Waals surface area (Å²) in [6, 6.07) is 26.0. The Morgan fingerprint density at radius 2 is 1.40 bits per heavy atom. The molecule has 6 heteroatoms. The zero-order chi connectivity index (χ0) is 21.6. The lowest BCUT2D eigenvalue weighted by Crippen LogP contribution is -2.32. The Bertz CT molecular complexity index is 1080. The quantitative estimate of drug-likeness (QED) is 0.554. The molecular weight excluding hydrogens is 396 g/mol. The van der Waals surface area contributed by atoms with Gasteiger partial charge in [0, 0.05) is 32.7 Å². The van der Waals surface area contributed by atoms with E-state index in [1.807, 2.05) is 60.7 Å². The normalized spacial score (nSPS) is 11.4. The highest BCUT2D eigenvalue weighted by atomic mass is 32.2. The third-order valence-electron chi connectivity index (χ3n) is 4.88. The molecule has 0 saturated heterocycles. The molecule has 0 aromatic heterocycles. The fourth-order valence-corrected chi connectivity index (χ4v) is 4.10. The molecule has 0 heterocycles. The number of nitrogens with zero attached hydrogens (tertiary/aromatic N) is 2. The fraction of sp³-hybridized carbons (Fsp3) is 0.208. The first-order valence-corrected chi connectivity index (χ1v) is 11.2. The summed E-state index contributed by atoms with van der Waals surface area (Å²) in [5, 5.41) is 0. The molecule has 0 spiro atoms. The molecule has 1 amide bonds. The van der Waals surface area contributed by atoms with Gasteiger partial charge in [-0.3, -0.25) is 4.79 Å². The topological polar surface area (TPSA) is 57.7 Å². The molecule has 5 nitrogen and oxygen atoms in total. The van der Waals surface area contributed by atoms with Crippen molar-refractivity contribution in [3.05, 3.63) is 102 Å². The average Bonchev–Trinajstić information content (AvgIpc) is 2.77. The average molecular weight is 423 g/mol. The number of hydrogen-bond donors (Lipinski definition) is 0. The summed E-state index contributed by atoms with van der Waals surface area (Å²) in [5.41, 5.74) is 2.53. The molecule has 30 heavy (non-hydrogen) atoms. The van der Waals surface area contributed by atoms with Crippen LogP contribution in [-0.2, 0) is 23.0 Å². The number of hydrogen-bond acceptors (Lipinski definition) is 3. The Labute approximate surface area is 178 Å². The molecule has 0 aliphatic carbocycles. The molecule has 0 unspecified atom stereocenters. The fourth-order valence-electron chi connectivity index (χ4n) is 3.15. The van der Waals surface area contributed by atoms with E-state index in [0.29, 0.717) is 18.7 Å². The summed E-state index contributed by atoms with van der Waals surface area (Å²) >= 11 is 0. The number of carbonyl (C=O) groups is 1. The molecule has 0 radical (unpaired) electrons. The maximum Gasteiger partial charge on any atom is 0.254 e. The standard InChI is InChI=1S/C24H26N2O3S/c1-25(2)30(28,29)23-15-9-14-22(18-23)24(27)26(19-21-12-7-4-8-13-21)17-16-20-10-5-3-6-11-20/h3-15,18H,16-17,19H2,1-2H3. The van der Waals surface area contributed by atoms with Crippen LogP contribution in [0.15, 0.2) is 89.8 Å². The maximum absolute atomic E-state index is 13.3. The van der Waals surface area contributed by atoms with Crippen LogP contribution in [0.25, 0.3) is 0 Å². The van der Waals surface area contributed by atoms with Gasteiger partial charge in [-0.25, -0.2) is 12.7 Å². The van der Waals surface area contributed by atoms with Crippen LogP contribution >= 0.6 is 0 Å². The molecule has 3 rings (SSSR count). The summed E-state index contributed by atoms with van der Waals surface area (Å²) in [6.07, 6.45) is 0.717. The molecule has 156 valence electrons. The van der Waals surface area contributed by atoms with Crippen molar-refractivity contribution >= 4 is 15.9 Å². The molecule has 3 aromatic carbocycles. The highest BCUT2D eigenvalue weighted by molar-refractivity contribution is 7.89. The molecular formula is C24H26N2O3S. The van der Waals surface area contributed by atoms with E-state index in [1.54, 1.807) is 17.0 Å². The zero-order valence-corrected chi connectivity index (χ0v) is 18.0. The Balaban J connectivity index is 1.87. The first-order chi connectivity index (χ1) is 14.4. The first-order valence-electron chi connectivity index (χ1n) is 9.77. The van der Waals surface area contributed by atoms with Crippen LogP contribution in [0.2, 0.25) is 0 Å². The summed E-state index contributed by atoms with van der Waals surface area (Å²) in [5.74, 6) is -0.189. The largest absolute Gasteiger partial charge is 0.334 e. The van der Waals surface area contributed by atoms with Gasteiger partial charge >= 0.3 is 0 Å². The first kappa shape index (κ1) is 21.7. The Hall–Kier alpha value is -2.96. The van der Waals surface area contributed by atoms with Crippen LogP contribution in [0.3, 0.4) is 0 Å². The van der Waals surface area contributed by atoms with Crippen molar-refractivity contribution in [1.29, 1.82) is 0 Å². The SMILES string of the molecule is CN(C)S(=O)(=O)c1cccc(C(=O)N(CCc2ccccc2)Cc2ccccc2)c1. The second kappa shape index (κ2) is 9.69. The third-order valence-corrected chi connectivity index (χ3v) is 6.69. The van der Waals surface area contributed by atoms with Crippen molar-refractivity contribution in [2.75, 3.05) is 20.6 Å². The van der Waals surface area contributed by atoms with Crippen LogP contribution in [0, 0.1) is 0 Å². The van der Waals surface area contributed by atoms with Crippen LogP contribution in [0.1, 0.15) is 21.5 Å². The van der Waals surface area contributed by atoms with E-state index in [4.69, 9.17) is 0 Å². The van der Waals surface area contributed by atoms with Gasteiger partial charge in [0.2, 0.25) is 10.0 Å². The second-order valence-electron chi connectivity index (χ2n) is 7.26.